The second-order valence-electron chi connectivity index (χ2n) is 3.50. The lowest BCUT2D eigenvalue weighted by Gasteiger charge is -2.18. The summed E-state index contributed by atoms with van der Waals surface area (Å²) in [5.74, 6) is -1.65. The molecule has 1 aromatic rings. The van der Waals surface area contributed by atoms with Crippen molar-refractivity contribution >= 4 is 17.3 Å². The van der Waals surface area contributed by atoms with E-state index in [1.165, 1.54) is 6.07 Å². The molecule has 1 N–H and O–H groups in total. The summed E-state index contributed by atoms with van der Waals surface area (Å²) in [5.41, 5.74) is 0.430. The molecule has 0 radical (unpaired) electrons. The molecule has 0 saturated heterocycles. The van der Waals surface area contributed by atoms with Crippen LogP contribution in [0.5, 0.6) is 0 Å². The lowest BCUT2D eigenvalue weighted by molar-refractivity contribution is -0.116. The third-order valence-electron chi connectivity index (χ3n) is 2.38. The monoisotopic (exact) mass is 212 g/mol. The Balaban J connectivity index is 2.56. The lowest BCUT2D eigenvalue weighted by atomic mass is 10.2. The van der Waals surface area contributed by atoms with Gasteiger partial charge in [-0.05, 0) is 6.07 Å². The molecule has 0 aromatic heterocycles. The number of nitrogens with one attached hydrogen (secondary N) is 1. The highest BCUT2D eigenvalue weighted by atomic mass is 19.1. The van der Waals surface area contributed by atoms with Crippen molar-refractivity contribution in [2.45, 2.75) is 6.42 Å². The molecule has 3 nitrogen and oxygen atoms in total. The van der Waals surface area contributed by atoms with Gasteiger partial charge in [-0.25, -0.2) is 8.78 Å². The first-order valence-electron chi connectivity index (χ1n) is 4.58. The minimum atomic E-state index is -0.743. The van der Waals surface area contributed by atoms with Crippen LogP contribution in [0.4, 0.5) is 20.2 Å². The van der Waals surface area contributed by atoms with Crippen LogP contribution in [0.15, 0.2) is 12.1 Å². The van der Waals surface area contributed by atoms with Crippen molar-refractivity contribution in [3.05, 3.63) is 23.8 Å². The van der Waals surface area contributed by atoms with Crippen LogP contribution >= 0.6 is 0 Å². The molecule has 80 valence electrons. The molecular weight excluding hydrogens is 202 g/mol. The van der Waals surface area contributed by atoms with Crippen molar-refractivity contribution < 1.29 is 13.6 Å². The van der Waals surface area contributed by atoms with Crippen LogP contribution in [-0.4, -0.2) is 19.5 Å². The number of rotatable bonds is 0. The van der Waals surface area contributed by atoms with E-state index in [1.807, 2.05) is 0 Å². The van der Waals surface area contributed by atoms with Crippen molar-refractivity contribution in [1.29, 1.82) is 0 Å². The molecule has 1 amide bonds. The smallest absolute Gasteiger partial charge is 0.226 e. The standard InChI is InChI=1S/C10H10F2N2O/c1-14-3-2-9(15)13-10-7(12)4-6(11)5-8(10)14/h4-5H,2-3H2,1H3,(H,13,15). The molecule has 0 atom stereocenters. The Morgan fingerprint density at radius 3 is 2.87 bits per heavy atom. The number of halogens is 2. The van der Waals surface area contributed by atoms with Gasteiger partial charge in [0.25, 0.3) is 0 Å². The molecule has 1 aliphatic heterocycles. The summed E-state index contributed by atoms with van der Waals surface area (Å²) in [7, 11) is 1.69. The zero-order valence-corrected chi connectivity index (χ0v) is 8.18. The van der Waals surface area contributed by atoms with Gasteiger partial charge in [0.2, 0.25) is 5.91 Å². The summed E-state index contributed by atoms with van der Waals surface area (Å²) in [6.45, 7) is 0.446. The van der Waals surface area contributed by atoms with E-state index in [-0.39, 0.29) is 18.0 Å². The summed E-state index contributed by atoms with van der Waals surface area (Å²) in [6.07, 6.45) is 0.270. The number of carbonyl (C=O) groups excluding carboxylic acids is 1. The van der Waals surface area contributed by atoms with E-state index in [1.54, 1.807) is 11.9 Å². The molecular formula is C10H10F2N2O. The number of nitrogens with zero attached hydrogens (tertiary/aromatic N) is 1. The third kappa shape index (κ3) is 1.77. The fourth-order valence-corrected chi connectivity index (χ4v) is 1.58. The van der Waals surface area contributed by atoms with Crippen LogP contribution in [0.25, 0.3) is 0 Å². The number of hydrogen-bond donors (Lipinski definition) is 1. The highest BCUT2D eigenvalue weighted by molar-refractivity contribution is 5.96. The van der Waals surface area contributed by atoms with Crippen LogP contribution in [0.1, 0.15) is 6.42 Å². The molecule has 1 heterocycles. The number of amides is 1. The molecule has 5 heteroatoms. The first kappa shape index (κ1) is 9.89. The van der Waals surface area contributed by atoms with Gasteiger partial charge in [-0.15, -0.1) is 0 Å². The quantitative estimate of drug-likeness (QED) is 0.710. The molecule has 0 aliphatic carbocycles. The molecule has 0 saturated carbocycles. The maximum absolute atomic E-state index is 13.4. The maximum atomic E-state index is 13.4. The molecule has 1 aliphatic rings. The predicted octanol–water partition coefficient (Wildman–Crippen LogP) is 1.74. The third-order valence-corrected chi connectivity index (χ3v) is 2.38. The SMILES string of the molecule is CN1CCC(=O)Nc2c(F)cc(F)cc21. The number of fused-ring (bicyclic) bond motifs is 1. The molecule has 15 heavy (non-hydrogen) atoms. The van der Waals surface area contributed by atoms with Gasteiger partial charge in [-0.2, -0.15) is 0 Å². The van der Waals surface area contributed by atoms with Gasteiger partial charge < -0.3 is 10.2 Å². The van der Waals surface area contributed by atoms with Crippen LogP contribution in [0.3, 0.4) is 0 Å². The molecule has 0 spiro atoms. The van der Waals surface area contributed by atoms with E-state index in [9.17, 15) is 13.6 Å². The topological polar surface area (TPSA) is 32.3 Å². The van der Waals surface area contributed by atoms with Gasteiger partial charge in [-0.1, -0.05) is 0 Å². The van der Waals surface area contributed by atoms with Gasteiger partial charge in [0.1, 0.15) is 11.5 Å². The van der Waals surface area contributed by atoms with Gasteiger partial charge >= 0.3 is 0 Å². The first-order chi connectivity index (χ1) is 7.08. The predicted molar refractivity (Wildman–Crippen MR) is 52.9 cm³/mol. The number of carbonyl (C=O) groups is 1. The first-order valence-corrected chi connectivity index (χ1v) is 4.58. The van der Waals surface area contributed by atoms with E-state index in [0.717, 1.165) is 6.07 Å². The normalized spacial score (nSPS) is 15.7. The van der Waals surface area contributed by atoms with Crippen molar-refractivity contribution in [1.82, 2.24) is 0 Å². The molecule has 0 fully saturated rings. The Kier molecular flexibility index (Phi) is 2.30. The minimum Gasteiger partial charge on any atom is -0.372 e. The molecule has 1 aromatic carbocycles. The minimum absolute atomic E-state index is 0.0569. The van der Waals surface area contributed by atoms with E-state index in [4.69, 9.17) is 0 Å². The zero-order valence-electron chi connectivity index (χ0n) is 8.18. The Morgan fingerprint density at radius 1 is 1.40 bits per heavy atom. The average molecular weight is 212 g/mol. The summed E-state index contributed by atoms with van der Waals surface area (Å²) in [6, 6.07) is 1.97. The summed E-state index contributed by atoms with van der Waals surface area (Å²) >= 11 is 0. The Bertz CT molecular complexity index is 420. The Labute approximate surface area is 85.7 Å². The van der Waals surface area contributed by atoms with E-state index in [0.29, 0.717) is 12.2 Å². The second kappa shape index (κ2) is 3.49. The summed E-state index contributed by atoms with van der Waals surface area (Å²) in [5, 5.41) is 2.43. The van der Waals surface area contributed by atoms with Crippen molar-refractivity contribution in [2.75, 3.05) is 23.8 Å². The molecule has 0 bridgehead atoms. The Hall–Kier alpha value is -1.65. The number of hydrogen-bond acceptors (Lipinski definition) is 2. The van der Waals surface area contributed by atoms with E-state index < -0.39 is 11.6 Å². The van der Waals surface area contributed by atoms with Crippen LogP contribution in [0.2, 0.25) is 0 Å². The summed E-state index contributed by atoms with van der Waals surface area (Å²) < 4.78 is 26.4. The van der Waals surface area contributed by atoms with Crippen molar-refractivity contribution in [3.63, 3.8) is 0 Å². The zero-order chi connectivity index (χ0) is 11.0. The van der Waals surface area contributed by atoms with Crippen molar-refractivity contribution in [2.24, 2.45) is 0 Å². The fourth-order valence-electron chi connectivity index (χ4n) is 1.58. The average Bonchev–Trinajstić information content (AvgIpc) is 2.30. The molecule has 2 rings (SSSR count). The lowest BCUT2D eigenvalue weighted by Crippen LogP contribution is -2.18. The Morgan fingerprint density at radius 2 is 2.13 bits per heavy atom. The maximum Gasteiger partial charge on any atom is 0.226 e. The summed E-state index contributed by atoms with van der Waals surface area (Å²) in [4.78, 5) is 12.9. The fraction of sp³-hybridized carbons (Fsp3) is 0.300. The van der Waals surface area contributed by atoms with Gasteiger partial charge in [-0.3, -0.25) is 4.79 Å². The highest BCUT2D eigenvalue weighted by Gasteiger charge is 2.20. The van der Waals surface area contributed by atoms with E-state index >= 15 is 0 Å². The van der Waals surface area contributed by atoms with Gasteiger partial charge in [0.05, 0.1) is 5.69 Å². The van der Waals surface area contributed by atoms with Crippen LogP contribution in [0, 0.1) is 11.6 Å². The molecule has 0 unspecified atom stereocenters. The highest BCUT2D eigenvalue weighted by Crippen LogP contribution is 2.31. The number of anilines is 2. The van der Waals surface area contributed by atoms with Crippen LogP contribution < -0.4 is 10.2 Å². The van der Waals surface area contributed by atoms with E-state index in [2.05, 4.69) is 5.32 Å². The van der Waals surface area contributed by atoms with Crippen molar-refractivity contribution in [3.8, 4) is 0 Å². The number of benzene rings is 1. The van der Waals surface area contributed by atoms with Gasteiger partial charge in [0.15, 0.2) is 5.82 Å². The largest absolute Gasteiger partial charge is 0.372 e. The second-order valence-corrected chi connectivity index (χ2v) is 3.50. The van der Waals surface area contributed by atoms with Gasteiger partial charge in [0, 0.05) is 26.1 Å². The van der Waals surface area contributed by atoms with Crippen LogP contribution in [-0.2, 0) is 4.79 Å².